The van der Waals surface area contributed by atoms with E-state index in [2.05, 4.69) is 106 Å². The molecule has 6 heteroatoms. The van der Waals surface area contributed by atoms with E-state index in [4.69, 9.17) is 14.2 Å². The number of carbonyl (C=O) groups excluding carboxylic acids is 3. The second-order valence-corrected chi connectivity index (χ2v) is 17.7. The summed E-state index contributed by atoms with van der Waals surface area (Å²) in [5, 5.41) is 0. The maximum atomic E-state index is 12.8. The number of hydrogen-bond acceptors (Lipinski definition) is 6. The Morgan fingerprint density at radius 3 is 0.954 bits per heavy atom. The molecule has 6 nitrogen and oxygen atoms in total. The van der Waals surface area contributed by atoms with E-state index in [-0.39, 0.29) is 31.1 Å². The molecule has 0 saturated heterocycles. The van der Waals surface area contributed by atoms with Gasteiger partial charge in [-0.15, -0.1) is 0 Å². The van der Waals surface area contributed by atoms with Gasteiger partial charge in [-0.1, -0.05) is 209 Å². The van der Waals surface area contributed by atoms with Crippen LogP contribution in [-0.2, 0) is 28.6 Å². The fourth-order valence-electron chi connectivity index (χ4n) is 7.35. The van der Waals surface area contributed by atoms with E-state index in [1.54, 1.807) is 0 Å². The van der Waals surface area contributed by atoms with Gasteiger partial charge in [0.05, 0.1) is 0 Å². The lowest BCUT2D eigenvalue weighted by Crippen LogP contribution is -2.30. The molecule has 0 amide bonds. The van der Waals surface area contributed by atoms with Gasteiger partial charge >= 0.3 is 17.9 Å². The van der Waals surface area contributed by atoms with Gasteiger partial charge in [-0.2, -0.15) is 0 Å². The van der Waals surface area contributed by atoms with Gasteiger partial charge in [-0.25, -0.2) is 0 Å². The van der Waals surface area contributed by atoms with Crippen molar-refractivity contribution in [3.8, 4) is 0 Å². The van der Waals surface area contributed by atoms with Crippen molar-refractivity contribution in [2.45, 2.75) is 258 Å². The topological polar surface area (TPSA) is 78.9 Å². The monoisotopic (exact) mass is 905 g/mol. The average Bonchev–Trinajstić information content (AvgIpc) is 3.30. The minimum atomic E-state index is -0.799. The fraction of sp³-hybridized carbons (Fsp3) is 0.712. The summed E-state index contributed by atoms with van der Waals surface area (Å²) in [5.74, 6) is -0.944. The van der Waals surface area contributed by atoms with Gasteiger partial charge in [0, 0.05) is 19.3 Å². The van der Waals surface area contributed by atoms with Crippen LogP contribution in [0.5, 0.6) is 0 Å². The van der Waals surface area contributed by atoms with Crippen molar-refractivity contribution in [1.29, 1.82) is 0 Å². The minimum Gasteiger partial charge on any atom is -0.462 e. The number of esters is 3. The van der Waals surface area contributed by atoms with Crippen LogP contribution < -0.4 is 0 Å². The first-order valence-corrected chi connectivity index (χ1v) is 27.1. The van der Waals surface area contributed by atoms with Crippen LogP contribution in [0.4, 0.5) is 0 Å². The summed E-state index contributed by atoms with van der Waals surface area (Å²) in [7, 11) is 0. The Morgan fingerprint density at radius 1 is 0.323 bits per heavy atom. The SMILES string of the molecule is CC/C=C\C/C=C\C/C=C\CCCCCCC(=O)OCC(COC(=O)CCCCCCCCC/C=C\CCCCCCCCCC)OC(=O)CCCCCC/C=C\C/C=C\C/C=C\CC. The van der Waals surface area contributed by atoms with Gasteiger partial charge < -0.3 is 14.2 Å². The molecule has 0 bridgehead atoms. The quantitative estimate of drug-likeness (QED) is 0.0262. The summed E-state index contributed by atoms with van der Waals surface area (Å²) in [5.41, 5.74) is 0. The first-order valence-electron chi connectivity index (χ1n) is 27.1. The molecule has 0 spiro atoms. The van der Waals surface area contributed by atoms with Crippen LogP contribution in [0.25, 0.3) is 0 Å². The second kappa shape index (κ2) is 53.2. The van der Waals surface area contributed by atoms with Crippen LogP contribution in [0.3, 0.4) is 0 Å². The number of unbranched alkanes of at least 4 members (excludes halogenated alkanes) is 23. The van der Waals surface area contributed by atoms with Crippen molar-refractivity contribution in [3.63, 3.8) is 0 Å². The summed E-state index contributed by atoms with van der Waals surface area (Å²) >= 11 is 0. The van der Waals surface area contributed by atoms with E-state index in [1.165, 1.54) is 89.9 Å². The van der Waals surface area contributed by atoms with Crippen molar-refractivity contribution in [2.24, 2.45) is 0 Å². The molecule has 0 saturated carbocycles. The molecule has 0 aromatic heterocycles. The van der Waals surface area contributed by atoms with Crippen molar-refractivity contribution >= 4 is 17.9 Å². The smallest absolute Gasteiger partial charge is 0.306 e. The lowest BCUT2D eigenvalue weighted by atomic mass is 10.1. The summed E-state index contributed by atoms with van der Waals surface area (Å²) in [4.78, 5) is 38.0. The maximum Gasteiger partial charge on any atom is 0.306 e. The highest BCUT2D eigenvalue weighted by molar-refractivity contribution is 5.71. The Hall–Kier alpha value is -3.41. The van der Waals surface area contributed by atoms with Gasteiger partial charge in [-0.05, 0) is 109 Å². The first kappa shape index (κ1) is 61.6. The molecule has 1 unspecified atom stereocenters. The van der Waals surface area contributed by atoms with Crippen molar-refractivity contribution < 1.29 is 28.6 Å². The molecule has 0 N–H and O–H groups in total. The third-order valence-corrected chi connectivity index (χ3v) is 11.4. The second-order valence-electron chi connectivity index (χ2n) is 17.7. The van der Waals surface area contributed by atoms with Gasteiger partial charge in [-0.3, -0.25) is 14.4 Å². The molecular formula is C59H100O6. The summed E-state index contributed by atoms with van der Waals surface area (Å²) < 4.78 is 16.8. The van der Waals surface area contributed by atoms with Crippen LogP contribution in [-0.4, -0.2) is 37.2 Å². The third kappa shape index (κ3) is 51.4. The van der Waals surface area contributed by atoms with E-state index < -0.39 is 6.10 Å². The highest BCUT2D eigenvalue weighted by Crippen LogP contribution is 2.14. The fourth-order valence-corrected chi connectivity index (χ4v) is 7.35. The standard InChI is InChI=1S/C59H100O6/c1-4-7-10-13-16-19-22-25-28-29-30-31-32-35-37-40-43-46-49-52-58(61)64-55-56(65-59(62)53-50-47-44-41-38-34-27-24-21-18-15-12-9-6-3)54-63-57(60)51-48-45-42-39-36-33-26-23-20-17-14-11-8-5-2/h8-9,11-12,17-18,20-21,26-27,29-30,33-34,56H,4-7,10,13-16,19,22-25,28,31-32,35-55H2,1-3H3/b11-8-,12-9-,20-17-,21-18-,30-29-,33-26-,34-27-. The number of hydrogen-bond donors (Lipinski definition) is 0. The van der Waals surface area contributed by atoms with Crippen molar-refractivity contribution in [1.82, 2.24) is 0 Å². The van der Waals surface area contributed by atoms with Gasteiger partial charge in [0.2, 0.25) is 0 Å². The molecule has 0 aliphatic heterocycles. The molecule has 372 valence electrons. The van der Waals surface area contributed by atoms with Crippen molar-refractivity contribution in [3.05, 3.63) is 85.1 Å². The molecule has 0 aromatic rings. The Balaban J connectivity index is 4.42. The Kier molecular flexibility index (Phi) is 50.4. The number of carbonyl (C=O) groups is 3. The largest absolute Gasteiger partial charge is 0.462 e. The molecule has 0 aliphatic carbocycles. The predicted octanol–water partition coefficient (Wildman–Crippen LogP) is 18.0. The molecule has 0 heterocycles. The number of ether oxygens (including phenoxy) is 3. The van der Waals surface area contributed by atoms with Gasteiger partial charge in [0.25, 0.3) is 0 Å². The Labute approximate surface area is 401 Å². The van der Waals surface area contributed by atoms with E-state index in [1.807, 2.05) is 0 Å². The maximum absolute atomic E-state index is 12.8. The number of allylic oxidation sites excluding steroid dienone is 14. The number of rotatable bonds is 48. The third-order valence-electron chi connectivity index (χ3n) is 11.4. The summed E-state index contributed by atoms with van der Waals surface area (Å²) in [6, 6.07) is 0. The lowest BCUT2D eigenvalue weighted by Gasteiger charge is -2.18. The van der Waals surface area contributed by atoms with Gasteiger partial charge in [0.1, 0.15) is 13.2 Å². The summed E-state index contributed by atoms with van der Waals surface area (Å²) in [6.07, 6.45) is 68.6. The van der Waals surface area contributed by atoms with E-state index in [0.29, 0.717) is 19.3 Å². The van der Waals surface area contributed by atoms with E-state index >= 15 is 0 Å². The molecule has 0 rings (SSSR count). The zero-order chi connectivity index (χ0) is 47.2. The zero-order valence-electron chi connectivity index (χ0n) is 42.5. The highest BCUT2D eigenvalue weighted by atomic mass is 16.6. The van der Waals surface area contributed by atoms with Crippen LogP contribution >= 0.6 is 0 Å². The minimum absolute atomic E-state index is 0.0956. The predicted molar refractivity (Wildman–Crippen MR) is 279 cm³/mol. The first-order chi connectivity index (χ1) is 32.0. The van der Waals surface area contributed by atoms with Crippen LogP contribution in [0.1, 0.15) is 252 Å². The lowest BCUT2D eigenvalue weighted by molar-refractivity contribution is -0.167. The molecule has 1 atom stereocenters. The average molecular weight is 905 g/mol. The summed E-state index contributed by atoms with van der Waals surface area (Å²) in [6.45, 7) is 6.37. The van der Waals surface area contributed by atoms with Crippen LogP contribution in [0.2, 0.25) is 0 Å². The zero-order valence-corrected chi connectivity index (χ0v) is 42.5. The normalized spacial score (nSPS) is 12.7. The molecule has 0 aliphatic rings. The molecule has 0 aromatic carbocycles. The molecular weight excluding hydrogens is 805 g/mol. The molecule has 0 radical (unpaired) electrons. The van der Waals surface area contributed by atoms with Crippen molar-refractivity contribution in [2.75, 3.05) is 13.2 Å². The van der Waals surface area contributed by atoms with Crippen LogP contribution in [0, 0.1) is 0 Å². The van der Waals surface area contributed by atoms with Crippen LogP contribution in [0.15, 0.2) is 85.1 Å². The van der Waals surface area contributed by atoms with E-state index in [9.17, 15) is 14.4 Å². The van der Waals surface area contributed by atoms with E-state index in [0.717, 1.165) is 122 Å². The Bertz CT molecular complexity index is 1270. The highest BCUT2D eigenvalue weighted by Gasteiger charge is 2.19. The molecule has 65 heavy (non-hydrogen) atoms. The molecule has 0 fully saturated rings. The Morgan fingerprint density at radius 2 is 0.600 bits per heavy atom. The van der Waals surface area contributed by atoms with Gasteiger partial charge in [0.15, 0.2) is 6.10 Å².